The smallest absolute Gasteiger partial charge is 0.317 e. The van der Waals surface area contributed by atoms with E-state index in [1.54, 1.807) is 4.90 Å². The number of nitrogens with zero attached hydrogens (tertiary/aromatic N) is 3. The molecule has 0 unspecified atom stereocenters. The van der Waals surface area contributed by atoms with E-state index in [0.29, 0.717) is 19.6 Å². The largest absolute Gasteiger partial charge is 0.390 e. The molecule has 2 N–H and O–H groups in total. The molecule has 27 heavy (non-hydrogen) atoms. The summed E-state index contributed by atoms with van der Waals surface area (Å²) in [4.78, 5) is 18.8. The Balaban J connectivity index is 1.55. The Kier molecular flexibility index (Phi) is 7.10. The van der Waals surface area contributed by atoms with Gasteiger partial charge in [-0.05, 0) is 51.2 Å². The third kappa shape index (κ3) is 5.43. The van der Waals surface area contributed by atoms with Gasteiger partial charge in [-0.3, -0.25) is 4.90 Å². The van der Waals surface area contributed by atoms with E-state index < -0.39 is 6.10 Å². The van der Waals surface area contributed by atoms with E-state index in [1.165, 1.54) is 36.8 Å². The van der Waals surface area contributed by atoms with Crippen molar-refractivity contribution in [3.05, 3.63) is 35.4 Å². The lowest BCUT2D eigenvalue weighted by molar-refractivity contribution is 0.113. The number of nitrogens with one attached hydrogen (secondary N) is 1. The standard InChI is InChI=1S/C21H34N4O2/c1-23(2)19-15-25(16-20(19)26)21(27)22-13-17-9-5-6-10-18(17)14-24-11-7-3-4-8-12-24/h5-6,9-10,19-20,26H,3-4,7-8,11-16H2,1-2H3,(H,22,27)/t19-,20-/m0/s1. The average Bonchev–Trinajstić information content (AvgIpc) is 2.87. The van der Waals surface area contributed by atoms with Crippen molar-refractivity contribution in [2.75, 3.05) is 40.3 Å². The molecule has 2 aliphatic heterocycles. The van der Waals surface area contributed by atoms with Crippen LogP contribution >= 0.6 is 0 Å². The summed E-state index contributed by atoms with van der Waals surface area (Å²) in [5, 5.41) is 13.2. The highest BCUT2D eigenvalue weighted by molar-refractivity contribution is 5.74. The first-order chi connectivity index (χ1) is 13.0. The number of likely N-dealkylation sites (N-methyl/N-ethyl adjacent to an activating group) is 1. The van der Waals surface area contributed by atoms with Crippen LogP contribution in [0.1, 0.15) is 36.8 Å². The number of hydrogen-bond donors (Lipinski definition) is 2. The third-order valence-electron chi connectivity index (χ3n) is 5.85. The monoisotopic (exact) mass is 374 g/mol. The Hall–Kier alpha value is -1.63. The molecular weight excluding hydrogens is 340 g/mol. The van der Waals surface area contributed by atoms with Gasteiger partial charge in [0.15, 0.2) is 0 Å². The van der Waals surface area contributed by atoms with E-state index in [4.69, 9.17) is 0 Å². The third-order valence-corrected chi connectivity index (χ3v) is 5.85. The van der Waals surface area contributed by atoms with Crippen molar-refractivity contribution >= 4 is 6.03 Å². The van der Waals surface area contributed by atoms with Crippen molar-refractivity contribution in [3.63, 3.8) is 0 Å². The molecule has 0 bridgehead atoms. The minimum Gasteiger partial charge on any atom is -0.390 e. The molecule has 0 radical (unpaired) electrons. The zero-order valence-electron chi connectivity index (χ0n) is 16.7. The zero-order chi connectivity index (χ0) is 19.2. The number of aliphatic hydroxyl groups excluding tert-OH is 1. The Bertz CT molecular complexity index is 614. The number of aliphatic hydroxyl groups is 1. The molecule has 6 heteroatoms. The van der Waals surface area contributed by atoms with Crippen LogP contribution in [-0.4, -0.2) is 78.3 Å². The molecule has 1 aromatic carbocycles. The van der Waals surface area contributed by atoms with E-state index in [9.17, 15) is 9.90 Å². The van der Waals surface area contributed by atoms with Gasteiger partial charge in [0.1, 0.15) is 0 Å². The van der Waals surface area contributed by atoms with Crippen LogP contribution in [0.5, 0.6) is 0 Å². The number of β-amino-alcohol motifs (C(OH)–C–C–N with tert-alkyl or cyclic N) is 1. The van der Waals surface area contributed by atoms with E-state index in [0.717, 1.165) is 19.6 Å². The van der Waals surface area contributed by atoms with Gasteiger partial charge in [0.05, 0.1) is 12.1 Å². The lowest BCUT2D eigenvalue weighted by Gasteiger charge is -2.23. The van der Waals surface area contributed by atoms with Crippen molar-refractivity contribution in [1.29, 1.82) is 0 Å². The maximum absolute atomic E-state index is 12.6. The molecule has 0 aromatic heterocycles. The molecular formula is C21H34N4O2. The summed E-state index contributed by atoms with van der Waals surface area (Å²) in [5.41, 5.74) is 2.48. The number of carbonyl (C=O) groups excluding carboxylic acids is 1. The predicted octanol–water partition coefficient (Wildman–Crippen LogP) is 1.88. The summed E-state index contributed by atoms with van der Waals surface area (Å²) in [6.07, 6.45) is 4.75. The molecule has 2 amide bonds. The highest BCUT2D eigenvalue weighted by Crippen LogP contribution is 2.17. The quantitative estimate of drug-likeness (QED) is 0.826. The van der Waals surface area contributed by atoms with Gasteiger partial charge >= 0.3 is 6.03 Å². The molecule has 3 rings (SSSR count). The van der Waals surface area contributed by atoms with Gasteiger partial charge in [-0.15, -0.1) is 0 Å². The minimum atomic E-state index is -0.485. The summed E-state index contributed by atoms with van der Waals surface area (Å²) < 4.78 is 0. The van der Waals surface area contributed by atoms with Crippen molar-refractivity contribution in [1.82, 2.24) is 20.0 Å². The van der Waals surface area contributed by atoms with Crippen molar-refractivity contribution < 1.29 is 9.90 Å². The van der Waals surface area contributed by atoms with Gasteiger partial charge in [-0.1, -0.05) is 37.1 Å². The number of likely N-dealkylation sites (tertiary alicyclic amines) is 2. The number of rotatable bonds is 5. The van der Waals surface area contributed by atoms with E-state index in [1.807, 2.05) is 25.1 Å². The topological polar surface area (TPSA) is 59.0 Å². The normalized spacial score (nSPS) is 24.2. The molecule has 0 aliphatic carbocycles. The minimum absolute atomic E-state index is 0.00562. The summed E-state index contributed by atoms with van der Waals surface area (Å²) in [6, 6.07) is 8.31. The first-order valence-electron chi connectivity index (χ1n) is 10.2. The molecule has 2 atom stereocenters. The van der Waals surface area contributed by atoms with Crippen LogP contribution in [0.3, 0.4) is 0 Å². The molecule has 150 valence electrons. The summed E-state index contributed by atoms with van der Waals surface area (Å²) >= 11 is 0. The molecule has 2 heterocycles. The lowest BCUT2D eigenvalue weighted by atomic mass is 10.1. The van der Waals surface area contributed by atoms with Gasteiger partial charge in [-0.25, -0.2) is 4.79 Å². The SMILES string of the molecule is CN(C)[C@H]1CN(C(=O)NCc2ccccc2CN2CCCCCC2)C[C@@H]1O. The van der Waals surface area contributed by atoms with Crippen LogP contribution < -0.4 is 5.32 Å². The average molecular weight is 375 g/mol. The molecule has 2 fully saturated rings. The Morgan fingerprint density at radius 2 is 1.78 bits per heavy atom. The number of benzene rings is 1. The van der Waals surface area contributed by atoms with Crippen LogP contribution in [0.2, 0.25) is 0 Å². The van der Waals surface area contributed by atoms with Crippen LogP contribution in [0, 0.1) is 0 Å². The molecule has 0 saturated carbocycles. The Morgan fingerprint density at radius 3 is 2.41 bits per heavy atom. The number of urea groups is 1. The second-order valence-electron chi connectivity index (χ2n) is 8.12. The number of hydrogen-bond acceptors (Lipinski definition) is 4. The summed E-state index contributed by atoms with van der Waals surface area (Å²) in [5.74, 6) is 0. The van der Waals surface area contributed by atoms with Gasteiger partial charge in [0.25, 0.3) is 0 Å². The molecule has 6 nitrogen and oxygen atoms in total. The van der Waals surface area contributed by atoms with Crippen LogP contribution in [0.15, 0.2) is 24.3 Å². The molecule has 2 saturated heterocycles. The fraction of sp³-hybridized carbons (Fsp3) is 0.667. The van der Waals surface area contributed by atoms with Crippen LogP contribution in [0.25, 0.3) is 0 Å². The first kappa shape index (κ1) is 20.1. The second-order valence-corrected chi connectivity index (χ2v) is 8.12. The van der Waals surface area contributed by atoms with Crippen molar-refractivity contribution in [2.24, 2.45) is 0 Å². The maximum atomic E-state index is 12.6. The molecule has 1 aromatic rings. The highest BCUT2D eigenvalue weighted by atomic mass is 16.3. The van der Waals surface area contributed by atoms with E-state index >= 15 is 0 Å². The maximum Gasteiger partial charge on any atom is 0.317 e. The van der Waals surface area contributed by atoms with E-state index in [2.05, 4.69) is 28.4 Å². The number of carbonyl (C=O) groups is 1. The summed E-state index contributed by atoms with van der Waals surface area (Å²) in [6.45, 7) is 4.77. The van der Waals surface area contributed by atoms with Gasteiger partial charge in [0, 0.05) is 26.2 Å². The second kappa shape index (κ2) is 9.53. The molecule has 2 aliphatic rings. The fourth-order valence-corrected chi connectivity index (χ4v) is 4.14. The Morgan fingerprint density at radius 1 is 1.11 bits per heavy atom. The van der Waals surface area contributed by atoms with Gasteiger partial charge in [0.2, 0.25) is 0 Å². The van der Waals surface area contributed by atoms with Crippen molar-refractivity contribution in [3.8, 4) is 0 Å². The van der Waals surface area contributed by atoms with Crippen LogP contribution in [0.4, 0.5) is 4.79 Å². The Labute approximate surface area is 163 Å². The summed E-state index contributed by atoms with van der Waals surface area (Å²) in [7, 11) is 3.88. The first-order valence-corrected chi connectivity index (χ1v) is 10.2. The highest BCUT2D eigenvalue weighted by Gasteiger charge is 2.35. The lowest BCUT2D eigenvalue weighted by Crippen LogP contribution is -2.40. The van der Waals surface area contributed by atoms with E-state index in [-0.39, 0.29) is 12.1 Å². The van der Waals surface area contributed by atoms with Gasteiger partial charge < -0.3 is 20.2 Å². The fourth-order valence-electron chi connectivity index (χ4n) is 4.14. The van der Waals surface area contributed by atoms with Gasteiger partial charge in [-0.2, -0.15) is 0 Å². The molecule has 0 spiro atoms. The van der Waals surface area contributed by atoms with Crippen molar-refractivity contribution in [2.45, 2.75) is 50.9 Å². The number of amides is 2. The zero-order valence-corrected chi connectivity index (χ0v) is 16.7. The predicted molar refractivity (Wildman–Crippen MR) is 107 cm³/mol. The van der Waals surface area contributed by atoms with Crippen LogP contribution in [-0.2, 0) is 13.1 Å².